The lowest BCUT2D eigenvalue weighted by molar-refractivity contribution is -0.145. The Bertz CT molecular complexity index is 495. The van der Waals surface area contributed by atoms with E-state index in [1.54, 1.807) is 0 Å². The first-order valence-corrected chi connectivity index (χ1v) is 13.0. The summed E-state index contributed by atoms with van der Waals surface area (Å²) in [5, 5.41) is 0. The molecule has 0 N–H and O–H groups in total. The van der Waals surface area contributed by atoms with Gasteiger partial charge in [0, 0.05) is 19.4 Å². The number of ketones is 1. The zero-order valence-electron chi connectivity index (χ0n) is 20.4. The number of hydrogen-bond acceptors (Lipinski definition) is 4. The van der Waals surface area contributed by atoms with Gasteiger partial charge in [-0.25, -0.2) is 0 Å². The molecule has 0 radical (unpaired) electrons. The van der Waals surface area contributed by atoms with Crippen LogP contribution in [0.5, 0.6) is 0 Å². The molecule has 0 amide bonds. The number of carbonyl (C=O) groups excluding carboxylic acids is 2. The predicted molar refractivity (Wildman–Crippen MR) is 128 cm³/mol. The number of unbranched alkanes of at least 4 members (excludes halogenated alkanes) is 10. The molecule has 31 heavy (non-hydrogen) atoms. The second-order valence-corrected chi connectivity index (χ2v) is 9.44. The maximum Gasteiger partial charge on any atom is 0.306 e. The molecular formula is C27H48O4. The highest BCUT2D eigenvalue weighted by Gasteiger charge is 2.45. The molecule has 1 saturated carbocycles. The fourth-order valence-corrected chi connectivity index (χ4v) is 4.19. The molecule has 4 heteroatoms. The van der Waals surface area contributed by atoms with Crippen molar-refractivity contribution in [3.05, 3.63) is 12.7 Å². The van der Waals surface area contributed by atoms with Crippen molar-refractivity contribution < 1.29 is 19.1 Å². The number of allylic oxidation sites excluding steroid dienone is 1. The van der Waals surface area contributed by atoms with Crippen LogP contribution in [0.2, 0.25) is 0 Å². The van der Waals surface area contributed by atoms with E-state index in [1.807, 2.05) is 0 Å². The fourth-order valence-electron chi connectivity index (χ4n) is 4.19. The van der Waals surface area contributed by atoms with Crippen LogP contribution in [-0.2, 0) is 19.1 Å². The third-order valence-electron chi connectivity index (χ3n) is 6.31. The van der Waals surface area contributed by atoms with E-state index in [-0.39, 0.29) is 23.3 Å². The largest absolute Gasteiger partial charge is 0.466 e. The third kappa shape index (κ3) is 14.5. The highest BCUT2D eigenvalue weighted by Crippen LogP contribution is 2.46. The number of ether oxygens (including phenoxy) is 2. The van der Waals surface area contributed by atoms with Gasteiger partial charge in [0.1, 0.15) is 0 Å². The van der Waals surface area contributed by atoms with E-state index < -0.39 is 0 Å². The number of esters is 1. The van der Waals surface area contributed by atoms with Crippen LogP contribution >= 0.6 is 0 Å². The average molecular weight is 437 g/mol. The van der Waals surface area contributed by atoms with Gasteiger partial charge in [-0.2, -0.15) is 0 Å². The summed E-state index contributed by atoms with van der Waals surface area (Å²) in [4.78, 5) is 24.3. The zero-order valence-corrected chi connectivity index (χ0v) is 20.4. The molecular weight excluding hydrogens is 388 g/mol. The summed E-state index contributed by atoms with van der Waals surface area (Å²) in [6.45, 7) is 9.31. The van der Waals surface area contributed by atoms with Crippen molar-refractivity contribution in [2.24, 2.45) is 5.92 Å². The van der Waals surface area contributed by atoms with Gasteiger partial charge in [0.15, 0.2) is 5.78 Å². The van der Waals surface area contributed by atoms with Crippen molar-refractivity contribution in [3.63, 3.8) is 0 Å². The standard InChI is InChI=1S/C27H48O4/c1-4-7-9-11-13-15-19-30-26(29)22-24(21-25(28)6-3)23-27(17-18-27)31-20-16-14-12-10-8-5-2/h6,24H,3-5,7-23H2,1-2H3. The molecule has 1 atom stereocenters. The Morgan fingerprint density at radius 3 is 1.94 bits per heavy atom. The third-order valence-corrected chi connectivity index (χ3v) is 6.31. The number of carbonyl (C=O) groups is 2. The van der Waals surface area contributed by atoms with E-state index in [0.29, 0.717) is 19.4 Å². The molecule has 0 aromatic rings. The van der Waals surface area contributed by atoms with E-state index in [1.165, 1.54) is 63.9 Å². The van der Waals surface area contributed by atoms with E-state index in [2.05, 4.69) is 20.4 Å². The molecule has 0 aromatic carbocycles. The summed E-state index contributed by atoms with van der Waals surface area (Å²) in [5.41, 5.74) is -0.116. The second-order valence-electron chi connectivity index (χ2n) is 9.44. The molecule has 1 aliphatic carbocycles. The summed E-state index contributed by atoms with van der Waals surface area (Å²) >= 11 is 0. The number of hydrogen-bond donors (Lipinski definition) is 0. The van der Waals surface area contributed by atoms with Crippen molar-refractivity contribution in [2.75, 3.05) is 13.2 Å². The van der Waals surface area contributed by atoms with Gasteiger partial charge in [0.2, 0.25) is 0 Å². The first kappa shape index (κ1) is 27.9. The monoisotopic (exact) mass is 436 g/mol. The van der Waals surface area contributed by atoms with Crippen LogP contribution in [0.1, 0.15) is 123 Å². The summed E-state index contributed by atoms with van der Waals surface area (Å²) in [6.07, 6.45) is 19.4. The lowest BCUT2D eigenvalue weighted by atomic mass is 9.91. The molecule has 1 fully saturated rings. The molecule has 4 nitrogen and oxygen atoms in total. The minimum absolute atomic E-state index is 0.000415. The quantitative estimate of drug-likeness (QED) is 0.101. The lowest BCUT2D eigenvalue weighted by Gasteiger charge is -2.23. The van der Waals surface area contributed by atoms with Crippen molar-refractivity contribution in [1.29, 1.82) is 0 Å². The normalized spacial score (nSPS) is 15.4. The van der Waals surface area contributed by atoms with Crippen LogP contribution in [0.4, 0.5) is 0 Å². The molecule has 0 aliphatic heterocycles. The van der Waals surface area contributed by atoms with E-state index >= 15 is 0 Å². The van der Waals surface area contributed by atoms with Gasteiger partial charge in [0.05, 0.1) is 12.2 Å². The van der Waals surface area contributed by atoms with Crippen LogP contribution in [-0.4, -0.2) is 30.6 Å². The Balaban J connectivity index is 2.31. The molecule has 0 spiro atoms. The highest BCUT2D eigenvalue weighted by atomic mass is 16.5. The van der Waals surface area contributed by atoms with Crippen LogP contribution < -0.4 is 0 Å². The topological polar surface area (TPSA) is 52.6 Å². The van der Waals surface area contributed by atoms with Crippen LogP contribution in [0, 0.1) is 5.92 Å². The Morgan fingerprint density at radius 2 is 1.39 bits per heavy atom. The molecule has 0 aromatic heterocycles. The van der Waals surface area contributed by atoms with Crippen molar-refractivity contribution in [3.8, 4) is 0 Å². The maximum atomic E-state index is 12.4. The maximum absolute atomic E-state index is 12.4. The van der Waals surface area contributed by atoms with Crippen molar-refractivity contribution in [2.45, 2.75) is 129 Å². The van der Waals surface area contributed by atoms with Crippen LogP contribution in [0.3, 0.4) is 0 Å². The molecule has 1 unspecified atom stereocenters. The molecule has 1 aliphatic rings. The SMILES string of the molecule is C=CC(=O)CC(CC(=O)OCCCCCCCC)CC1(OCCCCCCCC)CC1. The Labute approximate surface area is 191 Å². The van der Waals surface area contributed by atoms with Crippen LogP contribution in [0.25, 0.3) is 0 Å². The second kappa shape index (κ2) is 17.4. The van der Waals surface area contributed by atoms with Gasteiger partial charge in [-0.05, 0) is 44.1 Å². The Hall–Kier alpha value is -1.16. The summed E-state index contributed by atoms with van der Waals surface area (Å²) in [7, 11) is 0. The first-order chi connectivity index (χ1) is 15.0. The van der Waals surface area contributed by atoms with Gasteiger partial charge >= 0.3 is 5.97 Å². The Morgan fingerprint density at radius 1 is 0.839 bits per heavy atom. The minimum atomic E-state index is -0.179. The molecule has 180 valence electrons. The molecule has 0 bridgehead atoms. The zero-order chi connectivity index (χ0) is 22.8. The smallest absolute Gasteiger partial charge is 0.306 e. The minimum Gasteiger partial charge on any atom is -0.466 e. The lowest BCUT2D eigenvalue weighted by Crippen LogP contribution is -2.24. The van der Waals surface area contributed by atoms with Gasteiger partial charge in [0.25, 0.3) is 0 Å². The first-order valence-electron chi connectivity index (χ1n) is 13.0. The van der Waals surface area contributed by atoms with Gasteiger partial charge < -0.3 is 9.47 Å². The van der Waals surface area contributed by atoms with E-state index in [4.69, 9.17) is 9.47 Å². The van der Waals surface area contributed by atoms with E-state index in [9.17, 15) is 9.59 Å². The van der Waals surface area contributed by atoms with Crippen molar-refractivity contribution >= 4 is 11.8 Å². The number of rotatable bonds is 22. The van der Waals surface area contributed by atoms with Crippen molar-refractivity contribution in [1.82, 2.24) is 0 Å². The summed E-state index contributed by atoms with van der Waals surface area (Å²) in [5.74, 6) is -0.197. The fraction of sp³-hybridized carbons (Fsp3) is 0.852. The molecule has 1 rings (SSSR count). The van der Waals surface area contributed by atoms with Gasteiger partial charge in [-0.1, -0.05) is 84.6 Å². The summed E-state index contributed by atoms with van der Waals surface area (Å²) in [6, 6.07) is 0. The van der Waals surface area contributed by atoms with Gasteiger partial charge in [-0.15, -0.1) is 0 Å². The molecule has 0 saturated heterocycles. The highest BCUT2D eigenvalue weighted by molar-refractivity contribution is 5.89. The summed E-state index contributed by atoms with van der Waals surface area (Å²) < 4.78 is 11.7. The average Bonchev–Trinajstić information content (AvgIpc) is 3.51. The Kier molecular flexibility index (Phi) is 15.6. The van der Waals surface area contributed by atoms with Gasteiger partial charge in [-0.3, -0.25) is 9.59 Å². The van der Waals surface area contributed by atoms with Crippen LogP contribution in [0.15, 0.2) is 12.7 Å². The molecule has 0 heterocycles. The predicted octanol–water partition coefficient (Wildman–Crippen LogP) is 7.34. The van der Waals surface area contributed by atoms with E-state index in [0.717, 1.165) is 45.1 Å².